The lowest BCUT2D eigenvalue weighted by Crippen LogP contribution is -2.34. The lowest BCUT2D eigenvalue weighted by Gasteiger charge is -2.10. The summed E-state index contributed by atoms with van der Waals surface area (Å²) in [5.74, 6) is -0.525. The quantitative estimate of drug-likeness (QED) is 0.725. The molecule has 3 aromatic rings. The lowest BCUT2D eigenvalue weighted by molar-refractivity contribution is -0.121. The highest BCUT2D eigenvalue weighted by Crippen LogP contribution is 2.23. The van der Waals surface area contributed by atoms with Gasteiger partial charge in [-0.2, -0.15) is 5.10 Å². The first-order valence-corrected chi connectivity index (χ1v) is 8.99. The smallest absolute Gasteiger partial charge is 0.276 e. The van der Waals surface area contributed by atoms with Crippen molar-refractivity contribution in [2.45, 2.75) is 40.3 Å². The second kappa shape index (κ2) is 7.73. The van der Waals surface area contributed by atoms with E-state index in [1.165, 1.54) is 10.7 Å². The Balaban J connectivity index is 2.01. The molecule has 1 amide bonds. The van der Waals surface area contributed by atoms with Gasteiger partial charge in [0.1, 0.15) is 12.4 Å². The molecule has 0 saturated carbocycles. The van der Waals surface area contributed by atoms with E-state index in [1.807, 2.05) is 25.3 Å². The van der Waals surface area contributed by atoms with Crippen LogP contribution < -0.4 is 10.9 Å². The van der Waals surface area contributed by atoms with E-state index in [-0.39, 0.29) is 23.8 Å². The van der Waals surface area contributed by atoms with Gasteiger partial charge in [0.05, 0.1) is 18.1 Å². The number of halogens is 1. The molecule has 1 aromatic carbocycles. The number of carbonyl (C=O) groups excluding carboxylic acids is 1. The van der Waals surface area contributed by atoms with Crippen molar-refractivity contribution in [1.29, 1.82) is 0 Å². The number of fused-ring (bicyclic) bond motifs is 1. The first kappa shape index (κ1) is 18.8. The normalized spacial score (nSPS) is 11.1. The van der Waals surface area contributed by atoms with E-state index in [0.29, 0.717) is 24.0 Å². The van der Waals surface area contributed by atoms with Crippen molar-refractivity contribution in [3.63, 3.8) is 0 Å². The standard InChI is InChI=1S/C20H23FN4O2/c1-4-9-22-18(26)12-25-20(27)19-14(3)24(13(2)16(19)10-23-25)11-15-7-5-6-8-17(15)21/h5-8,10H,4,9,11-12H2,1-3H3,(H,22,26). The van der Waals surface area contributed by atoms with Crippen LogP contribution in [-0.2, 0) is 17.9 Å². The van der Waals surface area contributed by atoms with Gasteiger partial charge in [-0.25, -0.2) is 9.07 Å². The maximum absolute atomic E-state index is 14.0. The summed E-state index contributed by atoms with van der Waals surface area (Å²) >= 11 is 0. The zero-order valence-electron chi connectivity index (χ0n) is 15.8. The summed E-state index contributed by atoms with van der Waals surface area (Å²) < 4.78 is 17.1. The van der Waals surface area contributed by atoms with Gasteiger partial charge in [0.25, 0.3) is 5.56 Å². The highest BCUT2D eigenvalue weighted by atomic mass is 19.1. The largest absolute Gasteiger partial charge is 0.355 e. The fourth-order valence-corrected chi connectivity index (χ4v) is 3.25. The highest BCUT2D eigenvalue weighted by molar-refractivity contribution is 5.87. The SMILES string of the molecule is CCCNC(=O)Cn1ncc2c(C)n(Cc3ccccc3F)c(C)c2c1=O. The molecule has 2 heterocycles. The zero-order valence-corrected chi connectivity index (χ0v) is 15.8. The van der Waals surface area contributed by atoms with Gasteiger partial charge in [0, 0.05) is 28.9 Å². The molecule has 0 aliphatic rings. The van der Waals surface area contributed by atoms with E-state index in [0.717, 1.165) is 23.2 Å². The Morgan fingerprint density at radius 1 is 1.22 bits per heavy atom. The average molecular weight is 370 g/mol. The van der Waals surface area contributed by atoms with Gasteiger partial charge >= 0.3 is 0 Å². The van der Waals surface area contributed by atoms with Gasteiger partial charge in [0.2, 0.25) is 5.91 Å². The molecular formula is C20H23FN4O2. The fraction of sp³-hybridized carbons (Fsp3) is 0.350. The molecule has 2 aromatic heterocycles. The summed E-state index contributed by atoms with van der Waals surface area (Å²) in [5.41, 5.74) is 1.82. The molecule has 1 N–H and O–H groups in total. The summed E-state index contributed by atoms with van der Waals surface area (Å²) in [6.45, 7) is 6.45. The number of carbonyl (C=O) groups is 1. The average Bonchev–Trinajstić information content (AvgIpc) is 2.89. The third-order valence-electron chi connectivity index (χ3n) is 4.76. The van der Waals surface area contributed by atoms with Crippen LogP contribution in [0.3, 0.4) is 0 Å². The number of aromatic nitrogens is 3. The van der Waals surface area contributed by atoms with Crippen molar-refractivity contribution in [3.05, 3.63) is 63.6 Å². The van der Waals surface area contributed by atoms with E-state index in [4.69, 9.17) is 0 Å². The minimum atomic E-state index is -0.313. The number of hydrogen-bond donors (Lipinski definition) is 1. The molecule has 0 aliphatic carbocycles. The van der Waals surface area contributed by atoms with Crippen LogP contribution in [0.2, 0.25) is 0 Å². The predicted octanol–water partition coefficient (Wildman–Crippen LogP) is 2.53. The topological polar surface area (TPSA) is 68.9 Å². The monoisotopic (exact) mass is 370 g/mol. The molecule has 0 saturated heterocycles. The third-order valence-corrected chi connectivity index (χ3v) is 4.76. The number of nitrogens with zero attached hydrogens (tertiary/aromatic N) is 3. The summed E-state index contributed by atoms with van der Waals surface area (Å²) in [4.78, 5) is 24.8. The maximum Gasteiger partial charge on any atom is 0.276 e. The van der Waals surface area contributed by atoms with Crippen molar-refractivity contribution in [2.75, 3.05) is 6.54 Å². The fourth-order valence-electron chi connectivity index (χ4n) is 3.25. The van der Waals surface area contributed by atoms with Crippen molar-refractivity contribution in [3.8, 4) is 0 Å². The first-order valence-electron chi connectivity index (χ1n) is 8.99. The van der Waals surface area contributed by atoms with Crippen molar-refractivity contribution < 1.29 is 9.18 Å². The molecule has 3 rings (SSSR count). The van der Waals surface area contributed by atoms with Crippen molar-refractivity contribution in [1.82, 2.24) is 19.7 Å². The first-order chi connectivity index (χ1) is 12.9. The number of rotatable bonds is 6. The molecule has 142 valence electrons. The van der Waals surface area contributed by atoms with Gasteiger partial charge in [-0.3, -0.25) is 9.59 Å². The van der Waals surface area contributed by atoms with E-state index in [1.54, 1.807) is 24.4 Å². The summed E-state index contributed by atoms with van der Waals surface area (Å²) in [6.07, 6.45) is 2.42. The molecule has 0 atom stereocenters. The number of benzene rings is 1. The highest BCUT2D eigenvalue weighted by Gasteiger charge is 2.18. The molecule has 0 spiro atoms. The summed E-state index contributed by atoms with van der Waals surface area (Å²) in [5, 5.41) is 8.13. The molecule has 7 heteroatoms. The van der Waals surface area contributed by atoms with Gasteiger partial charge in [-0.15, -0.1) is 0 Å². The molecule has 0 unspecified atom stereocenters. The Bertz CT molecular complexity index is 1050. The third kappa shape index (κ3) is 3.63. The lowest BCUT2D eigenvalue weighted by atomic mass is 10.2. The van der Waals surface area contributed by atoms with Gasteiger partial charge in [-0.05, 0) is 26.3 Å². The predicted molar refractivity (Wildman–Crippen MR) is 102 cm³/mol. The van der Waals surface area contributed by atoms with Crippen LogP contribution in [0.1, 0.15) is 30.3 Å². The van der Waals surface area contributed by atoms with Crippen LogP contribution in [0, 0.1) is 19.7 Å². The Morgan fingerprint density at radius 3 is 2.67 bits per heavy atom. The van der Waals surface area contributed by atoms with Crippen LogP contribution in [0.15, 0.2) is 35.3 Å². The Kier molecular flexibility index (Phi) is 5.39. The number of aryl methyl sites for hydroxylation is 2. The Labute approximate surface area is 156 Å². The van der Waals surface area contributed by atoms with Crippen LogP contribution in [0.5, 0.6) is 0 Å². The van der Waals surface area contributed by atoms with E-state index in [2.05, 4.69) is 10.4 Å². The molecule has 6 nitrogen and oxygen atoms in total. The van der Waals surface area contributed by atoms with Crippen LogP contribution in [0.25, 0.3) is 10.8 Å². The number of hydrogen-bond acceptors (Lipinski definition) is 3. The zero-order chi connectivity index (χ0) is 19.6. The van der Waals surface area contributed by atoms with Crippen molar-refractivity contribution in [2.24, 2.45) is 0 Å². The van der Waals surface area contributed by atoms with E-state index < -0.39 is 0 Å². The Hall–Kier alpha value is -2.96. The Morgan fingerprint density at radius 2 is 1.96 bits per heavy atom. The van der Waals surface area contributed by atoms with Gasteiger partial charge in [-0.1, -0.05) is 25.1 Å². The minimum absolute atomic E-state index is 0.119. The van der Waals surface area contributed by atoms with Crippen LogP contribution in [-0.4, -0.2) is 26.8 Å². The molecule has 0 bridgehead atoms. The summed E-state index contributed by atoms with van der Waals surface area (Å²) in [7, 11) is 0. The van der Waals surface area contributed by atoms with E-state index >= 15 is 0 Å². The molecular weight excluding hydrogens is 347 g/mol. The van der Waals surface area contributed by atoms with Crippen LogP contribution in [0.4, 0.5) is 4.39 Å². The minimum Gasteiger partial charge on any atom is -0.355 e. The summed E-state index contributed by atoms with van der Waals surface area (Å²) in [6, 6.07) is 6.59. The molecule has 0 aliphatic heterocycles. The van der Waals surface area contributed by atoms with Crippen molar-refractivity contribution >= 4 is 16.7 Å². The molecule has 0 radical (unpaired) electrons. The van der Waals surface area contributed by atoms with E-state index in [9.17, 15) is 14.0 Å². The number of amides is 1. The number of nitrogens with one attached hydrogen (secondary N) is 1. The molecule has 0 fully saturated rings. The van der Waals surface area contributed by atoms with Crippen LogP contribution >= 0.6 is 0 Å². The maximum atomic E-state index is 14.0. The second-order valence-corrected chi connectivity index (χ2v) is 6.59. The van der Waals surface area contributed by atoms with Gasteiger partial charge < -0.3 is 9.88 Å². The molecule has 27 heavy (non-hydrogen) atoms. The second-order valence-electron chi connectivity index (χ2n) is 6.59. The van der Waals surface area contributed by atoms with Gasteiger partial charge in [0.15, 0.2) is 0 Å².